The normalized spacial score (nSPS) is 11.1. The third-order valence-electron chi connectivity index (χ3n) is 1.90. The van der Waals surface area contributed by atoms with E-state index in [-0.39, 0.29) is 17.3 Å². The summed E-state index contributed by atoms with van der Waals surface area (Å²) >= 11 is 0. The molecule has 0 aliphatic rings. The minimum Gasteiger partial charge on any atom is -0.488 e. The third-order valence-corrected chi connectivity index (χ3v) is 3.24. The van der Waals surface area contributed by atoms with Gasteiger partial charge >= 0.3 is 0 Å². The summed E-state index contributed by atoms with van der Waals surface area (Å²) in [5.74, 6) is -0.641. The first kappa shape index (κ1) is 14.0. The van der Waals surface area contributed by atoms with E-state index in [9.17, 15) is 12.8 Å². The van der Waals surface area contributed by atoms with Crippen molar-refractivity contribution < 1.29 is 17.5 Å². The van der Waals surface area contributed by atoms with E-state index < -0.39 is 14.9 Å². The molecule has 0 amide bonds. The summed E-state index contributed by atoms with van der Waals surface area (Å²) in [6, 6.07) is 3.19. The fourth-order valence-electron chi connectivity index (χ4n) is 1.09. The molecule has 0 unspecified atom stereocenters. The van der Waals surface area contributed by atoms with Crippen molar-refractivity contribution in [1.82, 2.24) is 0 Å². The van der Waals surface area contributed by atoms with Crippen LogP contribution in [0.15, 0.2) is 34.7 Å². The van der Waals surface area contributed by atoms with Gasteiger partial charge in [-0.1, -0.05) is 5.57 Å². The van der Waals surface area contributed by atoms with Gasteiger partial charge in [-0.15, -0.1) is 0 Å². The summed E-state index contributed by atoms with van der Waals surface area (Å²) in [5.41, 5.74) is 1.03. The molecule has 0 spiro atoms. The zero-order valence-electron chi connectivity index (χ0n) is 9.41. The maximum Gasteiger partial charge on any atom is 0.265 e. The van der Waals surface area contributed by atoms with E-state index >= 15 is 0 Å². The van der Waals surface area contributed by atoms with Crippen molar-refractivity contribution in [2.45, 2.75) is 18.7 Å². The van der Waals surface area contributed by atoms with Crippen LogP contribution in [-0.4, -0.2) is 15.0 Å². The van der Waals surface area contributed by atoms with E-state index in [1.54, 1.807) is 6.08 Å². The lowest BCUT2D eigenvalue weighted by atomic mass is 10.3. The van der Waals surface area contributed by atoms with Gasteiger partial charge < -0.3 is 4.74 Å². The molecule has 0 bridgehead atoms. The van der Waals surface area contributed by atoms with Crippen molar-refractivity contribution in [2.75, 3.05) is 6.61 Å². The summed E-state index contributed by atoms with van der Waals surface area (Å²) in [6.45, 7) is 3.97. The van der Waals surface area contributed by atoms with Crippen LogP contribution in [0.5, 0.6) is 5.75 Å². The number of hydrogen-bond donors (Lipinski definition) is 0. The Hall–Kier alpha value is -1.07. The number of halogens is 2. The lowest BCUT2D eigenvalue weighted by Crippen LogP contribution is -2.01. The molecule has 1 aromatic rings. The molecule has 0 fully saturated rings. The first-order chi connectivity index (χ1) is 7.80. The van der Waals surface area contributed by atoms with Crippen molar-refractivity contribution in [3.63, 3.8) is 0 Å². The van der Waals surface area contributed by atoms with Gasteiger partial charge in [0.25, 0.3) is 9.05 Å². The molecule has 0 aliphatic heterocycles. The summed E-state index contributed by atoms with van der Waals surface area (Å²) in [6.07, 6.45) is 1.77. The predicted molar refractivity (Wildman–Crippen MR) is 64.4 cm³/mol. The Balaban J connectivity index is 3.04. The average molecular weight is 279 g/mol. The Morgan fingerprint density at radius 1 is 1.47 bits per heavy atom. The van der Waals surface area contributed by atoms with Crippen LogP contribution in [0.4, 0.5) is 4.39 Å². The number of benzene rings is 1. The van der Waals surface area contributed by atoms with E-state index in [4.69, 9.17) is 15.4 Å². The number of allylic oxidation sites excluding steroid dienone is 1. The molecule has 0 heterocycles. The molecular formula is C11H12ClFO3S. The molecule has 0 saturated carbocycles. The van der Waals surface area contributed by atoms with Gasteiger partial charge in [0, 0.05) is 10.7 Å². The second-order valence-electron chi connectivity index (χ2n) is 3.62. The Labute approximate surface area is 104 Å². The van der Waals surface area contributed by atoms with E-state index in [1.807, 2.05) is 13.8 Å². The van der Waals surface area contributed by atoms with Crippen molar-refractivity contribution >= 4 is 19.7 Å². The van der Waals surface area contributed by atoms with Gasteiger partial charge in [-0.3, -0.25) is 0 Å². The van der Waals surface area contributed by atoms with E-state index in [0.29, 0.717) is 0 Å². The van der Waals surface area contributed by atoms with Crippen LogP contribution >= 0.6 is 10.7 Å². The predicted octanol–water partition coefficient (Wildman–Crippen LogP) is 3.10. The van der Waals surface area contributed by atoms with Gasteiger partial charge in [0.15, 0.2) is 0 Å². The van der Waals surface area contributed by atoms with Gasteiger partial charge in [0.1, 0.15) is 23.1 Å². The lowest BCUT2D eigenvalue weighted by molar-refractivity contribution is 0.351. The Bertz CT molecular complexity index is 534. The SMILES string of the molecule is CC(C)=CCOc1ccc(F)cc1S(=O)(=O)Cl. The highest BCUT2D eigenvalue weighted by Crippen LogP contribution is 2.27. The molecule has 3 nitrogen and oxygen atoms in total. The standard InChI is InChI=1S/C11H12ClFO3S/c1-8(2)5-6-16-10-4-3-9(13)7-11(10)17(12,14)15/h3-5,7H,6H2,1-2H3. The topological polar surface area (TPSA) is 43.4 Å². The number of hydrogen-bond acceptors (Lipinski definition) is 3. The van der Waals surface area contributed by atoms with Crippen LogP contribution in [0, 0.1) is 5.82 Å². The highest BCUT2D eigenvalue weighted by Gasteiger charge is 2.17. The molecule has 1 rings (SSSR count). The zero-order chi connectivity index (χ0) is 13.1. The van der Waals surface area contributed by atoms with Gasteiger partial charge in [0.05, 0.1) is 0 Å². The van der Waals surface area contributed by atoms with E-state index in [1.165, 1.54) is 6.07 Å². The molecule has 17 heavy (non-hydrogen) atoms. The van der Waals surface area contributed by atoms with Crippen molar-refractivity contribution in [3.8, 4) is 5.75 Å². The Morgan fingerprint density at radius 3 is 2.65 bits per heavy atom. The summed E-state index contributed by atoms with van der Waals surface area (Å²) < 4.78 is 40.6. The Morgan fingerprint density at radius 2 is 2.12 bits per heavy atom. The molecule has 0 N–H and O–H groups in total. The summed E-state index contributed by atoms with van der Waals surface area (Å²) in [4.78, 5) is -0.360. The largest absolute Gasteiger partial charge is 0.488 e. The second kappa shape index (κ2) is 5.51. The van der Waals surface area contributed by atoms with Crippen LogP contribution in [0.1, 0.15) is 13.8 Å². The average Bonchev–Trinajstić information content (AvgIpc) is 2.18. The second-order valence-corrected chi connectivity index (χ2v) is 6.16. The molecule has 6 heteroatoms. The zero-order valence-corrected chi connectivity index (χ0v) is 11.0. The fourth-order valence-corrected chi connectivity index (χ4v) is 2.07. The van der Waals surface area contributed by atoms with Crippen molar-refractivity contribution in [1.29, 1.82) is 0 Å². The monoisotopic (exact) mass is 278 g/mol. The smallest absolute Gasteiger partial charge is 0.265 e. The first-order valence-corrected chi connectivity index (χ1v) is 7.12. The lowest BCUT2D eigenvalue weighted by Gasteiger charge is -2.07. The Kier molecular flexibility index (Phi) is 4.54. The quantitative estimate of drug-likeness (QED) is 0.628. The van der Waals surface area contributed by atoms with Gasteiger partial charge in [-0.25, -0.2) is 12.8 Å². The third kappa shape index (κ3) is 4.36. The molecule has 0 saturated heterocycles. The molecule has 0 aromatic heterocycles. The van der Waals surface area contributed by atoms with Crippen molar-refractivity contribution in [2.24, 2.45) is 0 Å². The number of rotatable bonds is 4. The maximum absolute atomic E-state index is 12.9. The highest BCUT2D eigenvalue weighted by molar-refractivity contribution is 8.13. The summed E-state index contributed by atoms with van der Waals surface area (Å²) in [7, 11) is 1.17. The van der Waals surface area contributed by atoms with Crippen LogP contribution < -0.4 is 4.74 Å². The van der Waals surface area contributed by atoms with Crippen LogP contribution in [0.2, 0.25) is 0 Å². The van der Waals surface area contributed by atoms with E-state index in [2.05, 4.69) is 0 Å². The summed E-state index contributed by atoms with van der Waals surface area (Å²) in [5, 5.41) is 0. The fraction of sp³-hybridized carbons (Fsp3) is 0.273. The molecule has 0 radical (unpaired) electrons. The number of ether oxygens (including phenoxy) is 1. The highest BCUT2D eigenvalue weighted by atomic mass is 35.7. The minimum absolute atomic E-state index is 0.0406. The molecule has 1 aromatic carbocycles. The van der Waals surface area contributed by atoms with Gasteiger partial charge in [-0.2, -0.15) is 0 Å². The van der Waals surface area contributed by atoms with Crippen molar-refractivity contribution in [3.05, 3.63) is 35.7 Å². The van der Waals surface area contributed by atoms with Gasteiger partial charge in [-0.05, 0) is 38.1 Å². The van der Waals surface area contributed by atoms with Crippen LogP contribution in [-0.2, 0) is 9.05 Å². The first-order valence-electron chi connectivity index (χ1n) is 4.81. The van der Waals surface area contributed by atoms with Crippen LogP contribution in [0.25, 0.3) is 0 Å². The van der Waals surface area contributed by atoms with E-state index in [0.717, 1.165) is 17.7 Å². The van der Waals surface area contributed by atoms with Gasteiger partial charge in [0.2, 0.25) is 0 Å². The molecular weight excluding hydrogens is 267 g/mol. The van der Waals surface area contributed by atoms with Crippen LogP contribution in [0.3, 0.4) is 0 Å². The minimum atomic E-state index is -4.02. The molecule has 0 atom stereocenters. The molecule has 0 aliphatic carbocycles. The molecule has 94 valence electrons. The maximum atomic E-state index is 12.9.